The van der Waals surface area contributed by atoms with Crippen LogP contribution in [-0.2, 0) is 15.6 Å². The zero-order valence-corrected chi connectivity index (χ0v) is 47.9. The molecule has 0 saturated heterocycles. The molecule has 2 aliphatic rings. The number of para-hydroxylation sites is 2. The van der Waals surface area contributed by atoms with Crippen LogP contribution in [0.2, 0.25) is 0 Å². The number of nitrogens with one attached hydrogen (secondary N) is 1. The molecule has 10 nitrogen and oxygen atoms in total. The van der Waals surface area contributed by atoms with Gasteiger partial charge in [0.25, 0.3) is 0 Å². The van der Waals surface area contributed by atoms with E-state index >= 15 is 0 Å². The number of rotatable bonds is 29. The number of allylic oxidation sites excluding steroid dienone is 4. The summed E-state index contributed by atoms with van der Waals surface area (Å²) in [6.45, 7) is 30.9. The van der Waals surface area contributed by atoms with E-state index in [0.29, 0.717) is 19.5 Å². The van der Waals surface area contributed by atoms with Crippen LogP contribution in [0.3, 0.4) is 0 Å². The molecule has 0 aromatic heterocycles. The summed E-state index contributed by atoms with van der Waals surface area (Å²) in [7, 11) is 18.7. The Morgan fingerprint density at radius 2 is 1.15 bits per heavy atom. The van der Waals surface area contributed by atoms with E-state index in [1.165, 1.54) is 88.9 Å². The number of amides is 1. The highest BCUT2D eigenvalue weighted by Gasteiger charge is 2.44. The molecule has 0 bridgehead atoms. The average molecular weight is 979 g/mol. The molecular formula is C61H103N9O+6. The van der Waals surface area contributed by atoms with Crippen molar-refractivity contribution in [3.05, 3.63) is 108 Å². The summed E-state index contributed by atoms with van der Waals surface area (Å²) in [6.07, 6.45) is 12.9. The first-order valence-corrected chi connectivity index (χ1v) is 27.6. The highest BCUT2D eigenvalue weighted by molar-refractivity contribution is 6.03. The van der Waals surface area contributed by atoms with Gasteiger partial charge in [-0.25, -0.2) is 0 Å². The number of quaternary nitrogens is 5. The largest absolute Gasteiger partial charge is 0.356 e. The average Bonchev–Trinajstić information content (AvgIpc) is 3.68. The third-order valence-electron chi connectivity index (χ3n) is 17.1. The molecule has 2 heterocycles. The van der Waals surface area contributed by atoms with Crippen LogP contribution in [0.25, 0.3) is 0 Å². The van der Waals surface area contributed by atoms with Gasteiger partial charge in [0.1, 0.15) is 11.4 Å². The van der Waals surface area contributed by atoms with Gasteiger partial charge in [0.2, 0.25) is 11.6 Å². The number of carbonyl (C=O) groups is 1. The summed E-state index contributed by atoms with van der Waals surface area (Å²) < 4.78 is 7.50. The van der Waals surface area contributed by atoms with Crippen molar-refractivity contribution in [1.82, 2.24) is 14.3 Å². The second-order valence-corrected chi connectivity index (χ2v) is 24.7. The van der Waals surface area contributed by atoms with Crippen LogP contribution in [0.4, 0.5) is 22.7 Å². The first kappa shape index (κ1) is 57.7. The summed E-state index contributed by atoms with van der Waals surface area (Å²) in [6, 6.07) is 27.1. The first-order valence-electron chi connectivity index (χ1n) is 27.6. The van der Waals surface area contributed by atoms with Crippen LogP contribution >= 0.6 is 0 Å². The molecular weight excluding hydrogens is 875 g/mol. The molecule has 0 radical (unpaired) electrons. The van der Waals surface area contributed by atoms with Crippen molar-refractivity contribution < 1.29 is 22.8 Å². The van der Waals surface area contributed by atoms with E-state index in [4.69, 9.17) is 5.73 Å². The number of anilines is 1. The summed E-state index contributed by atoms with van der Waals surface area (Å²) in [4.78, 5) is 15.9. The Kier molecular flexibility index (Phi) is 19.7. The van der Waals surface area contributed by atoms with Crippen molar-refractivity contribution in [3.63, 3.8) is 0 Å². The van der Waals surface area contributed by atoms with Crippen LogP contribution in [0.1, 0.15) is 98.1 Å². The van der Waals surface area contributed by atoms with Crippen molar-refractivity contribution in [2.75, 3.05) is 153 Å². The van der Waals surface area contributed by atoms with Crippen LogP contribution in [-0.4, -0.2) is 178 Å². The summed E-state index contributed by atoms with van der Waals surface area (Å²) in [5, 5.41) is 3.29. The molecule has 0 atom stereocenters. The Hall–Kier alpha value is -4.16. The van der Waals surface area contributed by atoms with Gasteiger partial charge < -0.3 is 29.4 Å². The van der Waals surface area contributed by atoms with Crippen molar-refractivity contribution in [2.24, 2.45) is 5.73 Å². The van der Waals surface area contributed by atoms with E-state index < -0.39 is 0 Å². The predicted molar refractivity (Wildman–Crippen MR) is 307 cm³/mol. The topological polar surface area (TPSA) is 61.4 Å². The fourth-order valence-corrected chi connectivity index (χ4v) is 11.8. The molecule has 10 heteroatoms. The van der Waals surface area contributed by atoms with Gasteiger partial charge in [-0.2, -0.15) is 4.58 Å². The maximum atomic E-state index is 13.5. The maximum Gasteiger partial charge on any atom is 0.221 e. The quantitative estimate of drug-likeness (QED) is 0.0414. The minimum Gasteiger partial charge on any atom is -0.356 e. The number of hydrogen-bond donors (Lipinski definition) is 2. The van der Waals surface area contributed by atoms with Gasteiger partial charge in [0.15, 0.2) is 12.3 Å². The monoisotopic (exact) mass is 978 g/mol. The molecule has 1 amide bonds. The van der Waals surface area contributed by atoms with Crippen molar-refractivity contribution in [3.8, 4) is 0 Å². The normalized spacial score (nSPS) is 16.6. The maximum absolute atomic E-state index is 13.5. The fourth-order valence-electron chi connectivity index (χ4n) is 11.8. The van der Waals surface area contributed by atoms with E-state index in [9.17, 15) is 4.79 Å². The first-order chi connectivity index (χ1) is 33.4. The number of benzene rings is 3. The summed E-state index contributed by atoms with van der Waals surface area (Å²) >= 11 is 0. The number of carbonyl (C=O) groups excluding carboxylic acids is 1. The van der Waals surface area contributed by atoms with Crippen molar-refractivity contribution in [1.29, 1.82) is 0 Å². The van der Waals surface area contributed by atoms with Crippen LogP contribution in [0.5, 0.6) is 0 Å². The fraction of sp³-hybridized carbons (Fsp3) is 0.607. The molecule has 3 aromatic carbocycles. The predicted octanol–water partition coefficient (Wildman–Crippen LogP) is 9.58. The Bertz CT molecular complexity index is 2290. The molecule has 392 valence electrons. The Balaban J connectivity index is 1.14. The Labute approximate surface area is 434 Å². The van der Waals surface area contributed by atoms with E-state index in [2.05, 4.69) is 211 Å². The lowest BCUT2D eigenvalue weighted by Crippen LogP contribution is -2.48. The standard InChI is InChI=1S/C61H102N9O/c1-16-70(17-2,18-3)50-26-42-64-55-31-21-19-29-53(55)60(4,5)57(64)33-23-34-58-61(6,7)54-30-20-22-32-56(54)65(58)43-39-59(71)63-41-25-45-67(10,11)47-28-49-69(14,15)52-37-35-51(36-38-52)68(12,13)48-27-46-66(8,9)44-24-40-62/h19-23,29-38H,16-18,24-28,39-50,62H2,1-15H3/q+5/p+1. The minimum atomic E-state index is -0.196. The number of nitrogens with two attached hydrogens (primary N) is 1. The molecule has 2 aliphatic heterocycles. The lowest BCUT2D eigenvalue weighted by atomic mass is 9.81. The van der Waals surface area contributed by atoms with Crippen LogP contribution in [0, 0.1) is 0 Å². The number of hydrogen-bond acceptors (Lipinski definition) is 3. The number of nitrogens with zero attached hydrogens (tertiary/aromatic N) is 7. The highest BCUT2D eigenvalue weighted by atomic mass is 16.1. The van der Waals surface area contributed by atoms with Gasteiger partial charge in [-0.15, -0.1) is 0 Å². The number of fused-ring (bicyclic) bond motifs is 2. The van der Waals surface area contributed by atoms with Crippen molar-refractivity contribution >= 4 is 34.4 Å². The minimum absolute atomic E-state index is 0.110. The molecule has 0 fully saturated rings. The van der Waals surface area contributed by atoms with Gasteiger partial charge in [0, 0.05) is 104 Å². The molecule has 0 unspecified atom stereocenters. The molecule has 0 spiro atoms. The van der Waals surface area contributed by atoms with Crippen molar-refractivity contribution in [2.45, 2.75) is 97.8 Å². The molecule has 0 saturated carbocycles. The summed E-state index contributed by atoms with van der Waals surface area (Å²) in [5.41, 5.74) is 16.0. The lowest BCUT2D eigenvalue weighted by molar-refractivity contribution is -0.924. The summed E-state index contributed by atoms with van der Waals surface area (Å²) in [5.74, 6) is 0.120. The van der Waals surface area contributed by atoms with Gasteiger partial charge in [-0.3, -0.25) is 13.8 Å². The highest BCUT2D eigenvalue weighted by Crippen LogP contribution is 2.48. The van der Waals surface area contributed by atoms with E-state index in [0.717, 1.165) is 89.4 Å². The zero-order valence-electron chi connectivity index (χ0n) is 47.9. The van der Waals surface area contributed by atoms with Gasteiger partial charge in [-0.1, -0.05) is 56.3 Å². The van der Waals surface area contributed by atoms with E-state index in [1.807, 2.05) is 0 Å². The third kappa shape index (κ3) is 14.5. The Morgan fingerprint density at radius 1 is 0.634 bits per heavy atom. The molecule has 3 aromatic rings. The lowest BCUT2D eigenvalue weighted by Gasteiger charge is -2.35. The van der Waals surface area contributed by atoms with Crippen LogP contribution < -0.4 is 24.9 Å². The molecule has 71 heavy (non-hydrogen) atoms. The van der Waals surface area contributed by atoms with E-state index in [1.54, 1.807) is 0 Å². The Morgan fingerprint density at radius 3 is 1.72 bits per heavy atom. The van der Waals surface area contributed by atoms with Gasteiger partial charge in [0.05, 0.1) is 134 Å². The van der Waals surface area contributed by atoms with E-state index in [-0.39, 0.29) is 16.7 Å². The smallest absolute Gasteiger partial charge is 0.221 e. The zero-order chi connectivity index (χ0) is 52.3. The van der Waals surface area contributed by atoms with Gasteiger partial charge in [-0.05, 0) is 58.9 Å². The van der Waals surface area contributed by atoms with Crippen LogP contribution in [0.15, 0.2) is 96.7 Å². The molecule has 5 rings (SSSR count). The molecule has 3 N–H and O–H groups in total. The SMILES string of the molecule is CC[N+](CC)(CC)CCC[N+]1=C(C=CC=C2N(CCC(=O)NCCC[N+](C)(C)CCC[N+](C)(C)c3ccc([N+](C)(C)CCC[N+](C)(C)CCCN)cc3)c3ccccc3C2(C)C)C(C)(C)c2ccccc21. The second-order valence-electron chi connectivity index (χ2n) is 24.7. The van der Waals surface area contributed by atoms with Gasteiger partial charge >= 0.3 is 0 Å². The second kappa shape index (κ2) is 24.2. The third-order valence-corrected chi connectivity index (χ3v) is 17.1. The molecule has 0 aliphatic carbocycles.